The van der Waals surface area contributed by atoms with Crippen LogP contribution >= 0.6 is 0 Å². The highest BCUT2D eigenvalue weighted by molar-refractivity contribution is 7.90. The zero-order valence-electron chi connectivity index (χ0n) is 24.2. The molecular weight excluding hydrogens is 512 g/mol. The van der Waals surface area contributed by atoms with Crippen molar-refractivity contribution >= 4 is 27.7 Å². The van der Waals surface area contributed by atoms with Crippen molar-refractivity contribution in [2.45, 2.75) is 84.8 Å². The Morgan fingerprint density at radius 3 is 2.26 bits per heavy atom. The number of hydrogen-bond donors (Lipinski definition) is 1. The predicted molar refractivity (Wildman–Crippen MR) is 157 cm³/mol. The Morgan fingerprint density at radius 1 is 0.974 bits per heavy atom. The first-order valence-electron chi connectivity index (χ1n) is 13.9. The molecule has 1 fully saturated rings. The van der Waals surface area contributed by atoms with Gasteiger partial charge < -0.3 is 10.2 Å². The smallest absolute Gasteiger partial charge is 0.304 e. The minimum Gasteiger partial charge on any atom is -0.352 e. The van der Waals surface area contributed by atoms with Crippen molar-refractivity contribution in [1.82, 2.24) is 14.5 Å². The van der Waals surface area contributed by atoms with Crippen molar-refractivity contribution in [1.29, 1.82) is 0 Å². The highest BCUT2D eigenvalue weighted by Gasteiger charge is 2.35. The lowest BCUT2D eigenvalue weighted by molar-refractivity contribution is -0.140. The van der Waals surface area contributed by atoms with Crippen LogP contribution in [-0.4, -0.2) is 62.2 Å². The minimum atomic E-state index is -4.00. The van der Waals surface area contributed by atoms with Crippen molar-refractivity contribution in [2.24, 2.45) is 0 Å². The third-order valence-electron chi connectivity index (χ3n) is 7.43. The average molecular weight is 557 g/mol. The number of carbonyl (C=O) groups is 2. The Balaban J connectivity index is 1.99. The molecule has 1 atom stereocenters. The molecule has 214 valence electrons. The zero-order chi connectivity index (χ0) is 28.7. The lowest BCUT2D eigenvalue weighted by Crippen LogP contribution is -2.54. The summed E-state index contributed by atoms with van der Waals surface area (Å²) < 4.78 is 29.3. The van der Waals surface area contributed by atoms with Crippen LogP contribution in [0.2, 0.25) is 0 Å². The molecule has 2 aromatic carbocycles. The van der Waals surface area contributed by atoms with Crippen LogP contribution in [0.4, 0.5) is 5.69 Å². The summed E-state index contributed by atoms with van der Waals surface area (Å²) in [5.74, 6) is -0.604. The summed E-state index contributed by atoms with van der Waals surface area (Å²) in [5, 5.41) is 3.18. The van der Waals surface area contributed by atoms with E-state index in [1.807, 2.05) is 64.1 Å². The second-order valence-electron chi connectivity index (χ2n) is 10.9. The van der Waals surface area contributed by atoms with E-state index in [9.17, 15) is 18.0 Å². The van der Waals surface area contributed by atoms with Gasteiger partial charge in [0, 0.05) is 26.7 Å². The van der Waals surface area contributed by atoms with E-state index < -0.39 is 28.7 Å². The van der Waals surface area contributed by atoms with Gasteiger partial charge in [-0.15, -0.1) is 0 Å². The SMILES string of the molecule is CC[C@@H](C(=O)NC1CCCCC1)N(Cc1cccc(C)c1)C(=O)CN(c1cc(C)ccc1C)S(=O)(=O)N(C)C. The van der Waals surface area contributed by atoms with Crippen LogP contribution in [0.15, 0.2) is 42.5 Å². The topological polar surface area (TPSA) is 90.0 Å². The van der Waals surface area contributed by atoms with Crippen LogP contribution in [0, 0.1) is 20.8 Å². The molecular formula is C30H44N4O4S. The summed E-state index contributed by atoms with van der Waals surface area (Å²) in [6.45, 7) is 7.38. The number of aryl methyl sites for hydroxylation is 3. The number of nitrogens with zero attached hydrogens (tertiary/aromatic N) is 3. The van der Waals surface area contributed by atoms with Gasteiger partial charge in [0.05, 0.1) is 5.69 Å². The number of nitrogens with one attached hydrogen (secondary N) is 1. The summed E-state index contributed by atoms with van der Waals surface area (Å²) in [5.41, 5.74) is 4.02. The van der Waals surface area contributed by atoms with Gasteiger partial charge in [0.15, 0.2) is 0 Å². The second kappa shape index (κ2) is 13.4. The van der Waals surface area contributed by atoms with E-state index >= 15 is 0 Å². The summed E-state index contributed by atoms with van der Waals surface area (Å²) in [7, 11) is -1.09. The third-order valence-corrected chi connectivity index (χ3v) is 9.23. The van der Waals surface area contributed by atoms with Gasteiger partial charge in [0.25, 0.3) is 0 Å². The van der Waals surface area contributed by atoms with Crippen LogP contribution in [0.1, 0.15) is 67.7 Å². The molecule has 1 N–H and O–H groups in total. The van der Waals surface area contributed by atoms with Crippen molar-refractivity contribution in [3.63, 3.8) is 0 Å². The second-order valence-corrected chi connectivity index (χ2v) is 12.9. The van der Waals surface area contributed by atoms with Crippen molar-refractivity contribution in [2.75, 3.05) is 24.9 Å². The number of hydrogen-bond acceptors (Lipinski definition) is 4. The molecule has 0 radical (unpaired) electrons. The molecule has 0 spiro atoms. The number of rotatable bonds is 11. The maximum absolute atomic E-state index is 14.1. The standard InChI is InChI=1S/C30H44N4O4S/c1-7-27(30(36)31-26-14-9-8-10-15-26)33(20-25-13-11-12-22(2)18-25)29(35)21-34(39(37,38)32(5)6)28-19-23(3)16-17-24(28)4/h11-13,16-19,26-27H,7-10,14-15,20-21H2,1-6H3,(H,31,36)/t27-/m0/s1. The van der Waals surface area contributed by atoms with Gasteiger partial charge in [-0.05, 0) is 62.8 Å². The minimum absolute atomic E-state index is 0.108. The zero-order valence-corrected chi connectivity index (χ0v) is 25.1. The molecule has 0 aliphatic heterocycles. The van der Waals surface area contributed by atoms with Crippen molar-refractivity contribution < 1.29 is 18.0 Å². The molecule has 1 aliphatic rings. The van der Waals surface area contributed by atoms with Gasteiger partial charge in [0.1, 0.15) is 12.6 Å². The van der Waals surface area contributed by atoms with E-state index in [2.05, 4.69) is 5.32 Å². The molecule has 0 heterocycles. The summed E-state index contributed by atoms with van der Waals surface area (Å²) in [4.78, 5) is 29.2. The molecule has 0 saturated heterocycles. The Labute approximate surface area is 234 Å². The Morgan fingerprint density at radius 2 is 1.64 bits per heavy atom. The lowest BCUT2D eigenvalue weighted by Gasteiger charge is -2.35. The van der Waals surface area contributed by atoms with E-state index in [4.69, 9.17) is 0 Å². The van der Waals surface area contributed by atoms with Crippen LogP contribution in [0.3, 0.4) is 0 Å². The Hall–Kier alpha value is -2.91. The van der Waals surface area contributed by atoms with Crippen LogP contribution < -0.4 is 9.62 Å². The first-order chi connectivity index (χ1) is 18.4. The number of amides is 2. The largest absolute Gasteiger partial charge is 0.352 e. The average Bonchev–Trinajstić information content (AvgIpc) is 2.89. The first kappa shape index (κ1) is 30.6. The van der Waals surface area contributed by atoms with E-state index in [0.29, 0.717) is 12.1 Å². The van der Waals surface area contributed by atoms with Gasteiger partial charge in [-0.2, -0.15) is 12.7 Å². The fourth-order valence-electron chi connectivity index (χ4n) is 5.16. The van der Waals surface area contributed by atoms with Gasteiger partial charge in [0.2, 0.25) is 11.8 Å². The molecule has 3 rings (SSSR count). The van der Waals surface area contributed by atoms with Gasteiger partial charge in [-0.25, -0.2) is 4.31 Å². The van der Waals surface area contributed by atoms with E-state index in [1.165, 1.54) is 20.5 Å². The predicted octanol–water partition coefficient (Wildman–Crippen LogP) is 4.48. The van der Waals surface area contributed by atoms with Gasteiger partial charge in [-0.1, -0.05) is 68.1 Å². The third kappa shape index (κ3) is 7.82. The molecule has 8 nitrogen and oxygen atoms in total. The number of benzene rings is 2. The van der Waals surface area contributed by atoms with Gasteiger partial charge in [-0.3, -0.25) is 9.59 Å². The molecule has 0 aromatic heterocycles. The Kier molecular flexibility index (Phi) is 10.6. The molecule has 0 bridgehead atoms. The fraction of sp³-hybridized carbons (Fsp3) is 0.533. The summed E-state index contributed by atoms with van der Waals surface area (Å²) in [6, 6.07) is 12.8. The maximum Gasteiger partial charge on any atom is 0.304 e. The molecule has 2 aromatic rings. The molecule has 2 amide bonds. The molecule has 1 saturated carbocycles. The summed E-state index contributed by atoms with van der Waals surface area (Å²) in [6.07, 6.45) is 5.64. The van der Waals surface area contributed by atoms with Crippen molar-refractivity contribution in [3.05, 3.63) is 64.7 Å². The van der Waals surface area contributed by atoms with Crippen LogP contribution in [-0.2, 0) is 26.3 Å². The lowest BCUT2D eigenvalue weighted by atomic mass is 9.95. The Bertz CT molecular complexity index is 1260. The van der Waals surface area contributed by atoms with E-state index in [1.54, 1.807) is 11.0 Å². The number of anilines is 1. The number of carbonyl (C=O) groups excluding carboxylic acids is 2. The monoisotopic (exact) mass is 556 g/mol. The normalized spacial score (nSPS) is 15.2. The molecule has 39 heavy (non-hydrogen) atoms. The summed E-state index contributed by atoms with van der Waals surface area (Å²) >= 11 is 0. The van der Waals surface area contributed by atoms with Crippen LogP contribution in [0.25, 0.3) is 0 Å². The van der Waals surface area contributed by atoms with E-state index in [0.717, 1.165) is 56.5 Å². The van der Waals surface area contributed by atoms with Gasteiger partial charge >= 0.3 is 10.2 Å². The van der Waals surface area contributed by atoms with E-state index in [-0.39, 0.29) is 18.5 Å². The van der Waals surface area contributed by atoms with Crippen molar-refractivity contribution in [3.8, 4) is 0 Å². The molecule has 1 aliphatic carbocycles. The fourth-order valence-corrected chi connectivity index (χ4v) is 6.27. The first-order valence-corrected chi connectivity index (χ1v) is 15.3. The molecule has 0 unspecified atom stereocenters. The highest BCUT2D eigenvalue weighted by Crippen LogP contribution is 2.26. The van der Waals surface area contributed by atoms with Crippen LogP contribution in [0.5, 0.6) is 0 Å². The molecule has 9 heteroatoms. The maximum atomic E-state index is 14.1. The quantitative estimate of drug-likeness (QED) is 0.442. The highest BCUT2D eigenvalue weighted by atomic mass is 32.2.